The van der Waals surface area contributed by atoms with Gasteiger partial charge in [-0.05, 0) is 43.7 Å². The van der Waals surface area contributed by atoms with Crippen molar-refractivity contribution in [1.82, 2.24) is 15.5 Å². The van der Waals surface area contributed by atoms with Crippen LogP contribution in [-0.4, -0.2) is 56.8 Å². The van der Waals surface area contributed by atoms with E-state index in [1.54, 1.807) is 18.4 Å². The fourth-order valence-electron chi connectivity index (χ4n) is 2.50. The van der Waals surface area contributed by atoms with Gasteiger partial charge in [0.15, 0.2) is 5.96 Å². The quantitative estimate of drug-likeness (QED) is 0.316. The predicted octanol–water partition coefficient (Wildman–Crippen LogP) is 2.84. The lowest BCUT2D eigenvalue weighted by molar-refractivity contribution is 0.144. The summed E-state index contributed by atoms with van der Waals surface area (Å²) >= 11 is 1.77. The summed E-state index contributed by atoms with van der Waals surface area (Å²) in [4.78, 5) is 8.55. The SMILES string of the molecule is CCNC(=NCc1sccc1C)NCCN(CCOC)C1CC1.I. The second-order valence-corrected chi connectivity index (χ2v) is 6.91. The molecule has 0 spiro atoms. The largest absolute Gasteiger partial charge is 0.383 e. The van der Waals surface area contributed by atoms with E-state index < -0.39 is 0 Å². The van der Waals surface area contributed by atoms with Gasteiger partial charge in [-0.2, -0.15) is 0 Å². The van der Waals surface area contributed by atoms with Crippen LogP contribution in [0.15, 0.2) is 16.4 Å². The lowest BCUT2D eigenvalue weighted by Crippen LogP contribution is -2.42. The van der Waals surface area contributed by atoms with Crippen molar-refractivity contribution < 1.29 is 4.74 Å². The molecule has 1 aliphatic carbocycles. The van der Waals surface area contributed by atoms with Crippen LogP contribution in [0.2, 0.25) is 0 Å². The van der Waals surface area contributed by atoms with E-state index in [9.17, 15) is 0 Å². The average molecular weight is 466 g/mol. The number of guanidine groups is 1. The van der Waals surface area contributed by atoms with Crippen LogP contribution in [0.25, 0.3) is 0 Å². The van der Waals surface area contributed by atoms with Crippen LogP contribution in [0.4, 0.5) is 0 Å². The number of nitrogens with one attached hydrogen (secondary N) is 2. The zero-order valence-corrected chi connectivity index (χ0v) is 18.2. The van der Waals surface area contributed by atoms with Crippen molar-refractivity contribution in [1.29, 1.82) is 0 Å². The summed E-state index contributed by atoms with van der Waals surface area (Å²) in [6.45, 7) is 9.65. The molecule has 0 aromatic carbocycles. The maximum absolute atomic E-state index is 5.21. The van der Waals surface area contributed by atoms with Crippen LogP contribution >= 0.6 is 35.3 Å². The molecule has 2 rings (SSSR count). The highest BCUT2D eigenvalue weighted by atomic mass is 127. The third kappa shape index (κ3) is 7.67. The number of thiophene rings is 1. The highest BCUT2D eigenvalue weighted by Crippen LogP contribution is 2.25. The predicted molar refractivity (Wildman–Crippen MR) is 114 cm³/mol. The van der Waals surface area contributed by atoms with Crippen molar-refractivity contribution >= 4 is 41.3 Å². The smallest absolute Gasteiger partial charge is 0.191 e. The van der Waals surface area contributed by atoms with Gasteiger partial charge in [0.25, 0.3) is 0 Å². The molecule has 1 aromatic heterocycles. The van der Waals surface area contributed by atoms with Crippen molar-refractivity contribution in [3.8, 4) is 0 Å². The molecule has 2 N–H and O–H groups in total. The van der Waals surface area contributed by atoms with Crippen molar-refractivity contribution in [2.45, 2.75) is 39.3 Å². The summed E-state index contributed by atoms with van der Waals surface area (Å²) < 4.78 is 5.21. The minimum atomic E-state index is 0. The van der Waals surface area contributed by atoms with Gasteiger partial charge in [-0.15, -0.1) is 35.3 Å². The minimum Gasteiger partial charge on any atom is -0.383 e. The first-order valence-electron chi connectivity index (χ1n) is 8.52. The first-order valence-corrected chi connectivity index (χ1v) is 9.40. The Balaban J connectivity index is 0.00000288. The van der Waals surface area contributed by atoms with E-state index in [0.717, 1.165) is 51.3 Å². The molecule has 138 valence electrons. The van der Waals surface area contributed by atoms with Gasteiger partial charge in [0.1, 0.15) is 0 Å². The highest BCUT2D eigenvalue weighted by Gasteiger charge is 2.28. The molecule has 1 heterocycles. The number of methoxy groups -OCH3 is 1. The van der Waals surface area contributed by atoms with Crippen LogP contribution in [-0.2, 0) is 11.3 Å². The number of aliphatic imine (C=N–C) groups is 1. The third-order valence-corrected chi connectivity index (χ3v) is 5.04. The molecule has 0 bridgehead atoms. The van der Waals surface area contributed by atoms with Gasteiger partial charge in [0, 0.05) is 44.2 Å². The maximum atomic E-state index is 5.21. The Labute approximate surface area is 167 Å². The molecule has 7 heteroatoms. The molecule has 0 aliphatic heterocycles. The van der Waals surface area contributed by atoms with Gasteiger partial charge in [-0.1, -0.05) is 0 Å². The van der Waals surface area contributed by atoms with E-state index in [-0.39, 0.29) is 24.0 Å². The van der Waals surface area contributed by atoms with Crippen LogP contribution < -0.4 is 10.6 Å². The molecule has 0 saturated heterocycles. The van der Waals surface area contributed by atoms with Gasteiger partial charge < -0.3 is 15.4 Å². The normalized spacial score (nSPS) is 14.6. The third-order valence-electron chi connectivity index (χ3n) is 4.03. The highest BCUT2D eigenvalue weighted by molar-refractivity contribution is 14.0. The number of hydrogen-bond donors (Lipinski definition) is 2. The van der Waals surface area contributed by atoms with Crippen molar-refractivity contribution in [3.63, 3.8) is 0 Å². The fraction of sp³-hybridized carbons (Fsp3) is 0.706. The summed E-state index contributed by atoms with van der Waals surface area (Å²) in [5.41, 5.74) is 1.33. The van der Waals surface area contributed by atoms with Crippen LogP contribution in [0.1, 0.15) is 30.2 Å². The molecular formula is C17H31IN4OS. The molecule has 0 atom stereocenters. The lowest BCUT2D eigenvalue weighted by atomic mass is 10.3. The van der Waals surface area contributed by atoms with E-state index in [1.165, 1.54) is 23.3 Å². The Morgan fingerprint density at radius 3 is 2.75 bits per heavy atom. The monoisotopic (exact) mass is 466 g/mol. The zero-order chi connectivity index (χ0) is 16.5. The Morgan fingerprint density at radius 1 is 1.38 bits per heavy atom. The fourth-order valence-corrected chi connectivity index (χ4v) is 3.33. The lowest BCUT2D eigenvalue weighted by Gasteiger charge is -2.22. The van der Waals surface area contributed by atoms with Gasteiger partial charge in [-0.3, -0.25) is 4.90 Å². The van der Waals surface area contributed by atoms with Gasteiger partial charge >= 0.3 is 0 Å². The Morgan fingerprint density at radius 2 is 2.17 bits per heavy atom. The van der Waals surface area contributed by atoms with E-state index >= 15 is 0 Å². The minimum absolute atomic E-state index is 0. The number of aryl methyl sites for hydroxylation is 1. The number of halogens is 1. The molecule has 0 radical (unpaired) electrons. The van der Waals surface area contributed by atoms with Crippen LogP contribution in [0, 0.1) is 6.92 Å². The second-order valence-electron chi connectivity index (χ2n) is 5.91. The standard InChI is InChI=1S/C17H30N4OS.HI/c1-4-18-17(20-13-16-14(2)7-12-23-16)19-8-9-21(10-11-22-3)15-5-6-15;/h7,12,15H,4-6,8-11,13H2,1-3H3,(H2,18,19,20);1H. The molecule has 0 amide bonds. The van der Waals surface area contributed by atoms with Crippen molar-refractivity contribution in [2.75, 3.05) is 39.9 Å². The average Bonchev–Trinajstić information content (AvgIpc) is 3.31. The number of nitrogens with zero attached hydrogens (tertiary/aromatic N) is 2. The topological polar surface area (TPSA) is 48.9 Å². The number of hydrogen-bond acceptors (Lipinski definition) is 4. The molecule has 5 nitrogen and oxygen atoms in total. The maximum Gasteiger partial charge on any atom is 0.191 e. The van der Waals surface area contributed by atoms with Crippen molar-refractivity contribution in [2.24, 2.45) is 4.99 Å². The van der Waals surface area contributed by atoms with E-state index in [1.807, 2.05) is 0 Å². The first-order chi connectivity index (χ1) is 11.2. The zero-order valence-electron chi connectivity index (χ0n) is 15.0. The van der Waals surface area contributed by atoms with Gasteiger partial charge in [0.05, 0.1) is 13.2 Å². The van der Waals surface area contributed by atoms with E-state index in [4.69, 9.17) is 9.73 Å². The van der Waals surface area contributed by atoms with Crippen molar-refractivity contribution in [3.05, 3.63) is 21.9 Å². The molecule has 24 heavy (non-hydrogen) atoms. The molecule has 1 fully saturated rings. The first kappa shape index (κ1) is 21.7. The second kappa shape index (κ2) is 12.1. The molecule has 1 aromatic rings. The van der Waals surface area contributed by atoms with Crippen LogP contribution in [0.3, 0.4) is 0 Å². The number of rotatable bonds is 10. The number of ether oxygens (including phenoxy) is 1. The summed E-state index contributed by atoms with van der Waals surface area (Å²) in [7, 11) is 1.77. The van der Waals surface area contributed by atoms with Gasteiger partial charge in [0.2, 0.25) is 0 Å². The van der Waals surface area contributed by atoms with Gasteiger partial charge in [-0.25, -0.2) is 4.99 Å². The Hall–Kier alpha value is -0.380. The molecule has 0 unspecified atom stereocenters. The molecule has 1 saturated carbocycles. The summed E-state index contributed by atoms with van der Waals surface area (Å²) in [6.07, 6.45) is 2.66. The van der Waals surface area contributed by atoms with E-state index in [0.29, 0.717) is 0 Å². The Bertz CT molecular complexity index is 491. The van der Waals surface area contributed by atoms with Crippen LogP contribution in [0.5, 0.6) is 0 Å². The summed E-state index contributed by atoms with van der Waals surface area (Å²) in [5, 5.41) is 8.91. The molecular weight excluding hydrogens is 435 g/mol. The molecule has 1 aliphatic rings. The summed E-state index contributed by atoms with van der Waals surface area (Å²) in [5.74, 6) is 0.905. The Kier molecular flexibility index (Phi) is 10.9. The van der Waals surface area contributed by atoms with E-state index in [2.05, 4.69) is 40.8 Å². The summed E-state index contributed by atoms with van der Waals surface area (Å²) in [6, 6.07) is 2.92.